The Morgan fingerprint density at radius 3 is 1.96 bits per heavy atom. The SMILES string of the molecule is CCOC(=O)[C@@H]1C2CCC(CC2)[C@H]1Nc1cc(C#Cc2ccccc2)nc(-c2cn(C(c3ccccc3)(c3ccccc3)c3ccccc3)c3ncc(Cl)nc23)n1. The summed E-state index contributed by atoms with van der Waals surface area (Å²) in [7, 11) is 0. The Labute approximate surface area is 337 Å². The zero-order chi connectivity index (χ0) is 38.8. The molecule has 9 heteroatoms. The predicted molar refractivity (Wildman–Crippen MR) is 224 cm³/mol. The van der Waals surface area contributed by atoms with E-state index in [2.05, 4.69) is 94.5 Å². The average molecular weight is 769 g/mol. The van der Waals surface area contributed by atoms with Gasteiger partial charge in [0.25, 0.3) is 0 Å². The van der Waals surface area contributed by atoms with E-state index in [9.17, 15) is 4.79 Å². The number of fused-ring (bicyclic) bond motifs is 4. The fourth-order valence-corrected chi connectivity index (χ4v) is 9.25. The lowest BCUT2D eigenvalue weighted by molar-refractivity contribution is -0.154. The van der Waals surface area contributed by atoms with Gasteiger partial charge in [-0.3, -0.25) is 4.79 Å². The third-order valence-corrected chi connectivity index (χ3v) is 11.8. The van der Waals surface area contributed by atoms with Gasteiger partial charge in [0.2, 0.25) is 0 Å². The van der Waals surface area contributed by atoms with Gasteiger partial charge in [-0.25, -0.2) is 19.9 Å². The van der Waals surface area contributed by atoms with Gasteiger partial charge in [-0.1, -0.05) is 127 Å². The minimum atomic E-state index is -0.886. The number of ether oxygens (including phenoxy) is 1. The van der Waals surface area contributed by atoms with E-state index in [0.717, 1.165) is 47.9 Å². The number of carbonyl (C=O) groups is 1. The lowest BCUT2D eigenvalue weighted by Gasteiger charge is -2.47. The number of esters is 1. The fraction of sp³-hybridized carbons (Fsp3) is 0.229. The Morgan fingerprint density at radius 1 is 0.789 bits per heavy atom. The number of nitrogens with one attached hydrogen (secondary N) is 1. The van der Waals surface area contributed by atoms with Crippen LogP contribution in [0.1, 0.15) is 60.6 Å². The summed E-state index contributed by atoms with van der Waals surface area (Å²) in [5.41, 5.74) is 5.41. The molecule has 3 aromatic heterocycles. The van der Waals surface area contributed by atoms with Gasteiger partial charge in [0.1, 0.15) is 27.7 Å². The van der Waals surface area contributed by atoms with E-state index < -0.39 is 5.54 Å². The number of aromatic nitrogens is 5. The van der Waals surface area contributed by atoms with Crippen molar-refractivity contribution >= 4 is 34.6 Å². The van der Waals surface area contributed by atoms with Crippen LogP contribution in [0.25, 0.3) is 22.6 Å². The van der Waals surface area contributed by atoms with Crippen LogP contribution in [0.4, 0.5) is 5.82 Å². The van der Waals surface area contributed by atoms with Crippen LogP contribution in [0, 0.1) is 29.6 Å². The first-order chi connectivity index (χ1) is 28.0. The monoisotopic (exact) mass is 768 g/mol. The summed E-state index contributed by atoms with van der Waals surface area (Å²) in [6.07, 6.45) is 7.79. The quantitative estimate of drug-likeness (QED) is 0.0888. The van der Waals surface area contributed by atoms with Gasteiger partial charge in [0.05, 0.1) is 24.3 Å². The van der Waals surface area contributed by atoms with E-state index in [1.165, 1.54) is 0 Å². The van der Waals surface area contributed by atoms with Crippen molar-refractivity contribution in [3.05, 3.63) is 173 Å². The van der Waals surface area contributed by atoms with Gasteiger partial charge in [0.15, 0.2) is 11.5 Å². The van der Waals surface area contributed by atoms with E-state index in [-0.39, 0.29) is 29.0 Å². The summed E-state index contributed by atoms with van der Waals surface area (Å²) in [5, 5.41) is 3.99. The van der Waals surface area contributed by atoms with E-state index in [4.69, 9.17) is 36.3 Å². The molecule has 3 saturated carbocycles. The Bertz CT molecular complexity index is 2480. The number of hydrogen-bond acceptors (Lipinski definition) is 7. The lowest BCUT2D eigenvalue weighted by Crippen LogP contribution is -2.52. The number of anilines is 1. The van der Waals surface area contributed by atoms with E-state index in [1.807, 2.05) is 67.7 Å². The number of halogens is 1. The number of rotatable bonds is 9. The fourth-order valence-electron chi connectivity index (χ4n) is 9.11. The van der Waals surface area contributed by atoms with Crippen molar-refractivity contribution in [1.82, 2.24) is 24.5 Å². The van der Waals surface area contributed by atoms with E-state index in [0.29, 0.717) is 46.6 Å². The zero-order valence-corrected chi connectivity index (χ0v) is 32.3. The van der Waals surface area contributed by atoms with Gasteiger partial charge >= 0.3 is 5.97 Å². The normalized spacial score (nSPS) is 18.8. The highest BCUT2D eigenvalue weighted by molar-refractivity contribution is 6.29. The number of carbonyl (C=O) groups excluding carboxylic acids is 1. The van der Waals surface area contributed by atoms with Gasteiger partial charge in [-0.2, -0.15) is 0 Å². The standard InChI is InChI=1S/C48H41ClN6O2/c1-2-57-47(56)42-33-24-26-34(27-25-33)43(42)53-41-29-38(28-23-32-15-7-3-8-16-32)51-45(54-41)39-31-55(46-44(39)52-40(49)30-50-46)48(35-17-9-4-10-18-35,36-19-11-5-12-20-36)37-21-13-6-14-22-37/h3-22,29-31,33-34,42-43H,2,24-27H2,1H3,(H,51,53,54)/t33?,34?,42-,43-/m1/s1. The van der Waals surface area contributed by atoms with E-state index in [1.54, 1.807) is 6.20 Å². The molecule has 0 aliphatic heterocycles. The molecule has 57 heavy (non-hydrogen) atoms. The molecule has 4 aromatic carbocycles. The molecule has 0 unspecified atom stereocenters. The van der Waals surface area contributed by atoms with Crippen molar-refractivity contribution < 1.29 is 9.53 Å². The second-order valence-corrected chi connectivity index (χ2v) is 15.2. The maximum absolute atomic E-state index is 13.5. The van der Waals surface area contributed by atoms with Crippen LogP contribution in [0.15, 0.2) is 140 Å². The maximum Gasteiger partial charge on any atom is 0.311 e. The maximum atomic E-state index is 13.5. The largest absolute Gasteiger partial charge is 0.466 e. The van der Waals surface area contributed by atoms with Crippen molar-refractivity contribution in [1.29, 1.82) is 0 Å². The zero-order valence-electron chi connectivity index (χ0n) is 31.6. The summed E-state index contributed by atoms with van der Waals surface area (Å²) >= 11 is 6.67. The Balaban J connectivity index is 1.27. The summed E-state index contributed by atoms with van der Waals surface area (Å²) in [6.45, 7) is 2.21. The van der Waals surface area contributed by atoms with Crippen LogP contribution in [0.2, 0.25) is 5.15 Å². The first-order valence-electron chi connectivity index (χ1n) is 19.6. The van der Waals surface area contributed by atoms with Gasteiger partial charge in [0, 0.05) is 23.9 Å². The smallest absolute Gasteiger partial charge is 0.311 e. The molecule has 2 bridgehead atoms. The highest BCUT2D eigenvalue weighted by atomic mass is 35.5. The predicted octanol–water partition coefficient (Wildman–Crippen LogP) is 9.56. The van der Waals surface area contributed by atoms with Gasteiger partial charge < -0.3 is 14.6 Å². The Morgan fingerprint density at radius 2 is 1.37 bits per heavy atom. The van der Waals surface area contributed by atoms with Crippen LogP contribution < -0.4 is 5.32 Å². The van der Waals surface area contributed by atoms with Crippen LogP contribution in [-0.2, 0) is 15.1 Å². The molecule has 3 heterocycles. The molecule has 0 saturated heterocycles. The molecule has 3 fully saturated rings. The van der Waals surface area contributed by atoms with Crippen molar-refractivity contribution in [2.45, 2.75) is 44.2 Å². The van der Waals surface area contributed by atoms with Crippen LogP contribution in [0.3, 0.4) is 0 Å². The Hall–Kier alpha value is -6.30. The molecular formula is C48H41ClN6O2. The molecule has 0 spiro atoms. The molecule has 1 N–H and O–H groups in total. The molecule has 3 aliphatic rings. The number of benzene rings is 4. The van der Waals surface area contributed by atoms with Crippen LogP contribution >= 0.6 is 11.6 Å². The second-order valence-electron chi connectivity index (χ2n) is 14.8. The number of hydrogen-bond donors (Lipinski definition) is 1. The molecule has 0 radical (unpaired) electrons. The van der Waals surface area contributed by atoms with Crippen molar-refractivity contribution in [3.63, 3.8) is 0 Å². The van der Waals surface area contributed by atoms with E-state index >= 15 is 0 Å². The van der Waals surface area contributed by atoms with Crippen LogP contribution in [-0.4, -0.2) is 43.1 Å². The first-order valence-corrected chi connectivity index (χ1v) is 20.0. The molecule has 0 amide bonds. The highest BCUT2D eigenvalue weighted by Gasteiger charge is 2.48. The summed E-state index contributed by atoms with van der Waals surface area (Å²) in [4.78, 5) is 33.7. The third-order valence-electron chi connectivity index (χ3n) is 11.6. The lowest BCUT2D eigenvalue weighted by atomic mass is 9.61. The summed E-state index contributed by atoms with van der Waals surface area (Å²) in [6, 6.07) is 42.9. The van der Waals surface area contributed by atoms with Gasteiger partial charge in [-0.05, 0) is 79.2 Å². The molecule has 282 valence electrons. The van der Waals surface area contributed by atoms with Crippen molar-refractivity contribution in [2.75, 3.05) is 11.9 Å². The molecule has 10 rings (SSSR count). The topological polar surface area (TPSA) is 94.8 Å². The molecular weight excluding hydrogens is 728 g/mol. The van der Waals surface area contributed by atoms with Crippen LogP contribution in [0.5, 0.6) is 0 Å². The Kier molecular flexibility index (Phi) is 10.00. The molecule has 3 aliphatic carbocycles. The third kappa shape index (κ3) is 6.83. The summed E-state index contributed by atoms with van der Waals surface area (Å²) < 4.78 is 7.82. The first kappa shape index (κ1) is 36.3. The number of nitrogens with zero attached hydrogens (tertiary/aromatic N) is 5. The van der Waals surface area contributed by atoms with Crippen molar-refractivity contribution in [2.24, 2.45) is 17.8 Å². The van der Waals surface area contributed by atoms with Crippen molar-refractivity contribution in [3.8, 4) is 23.2 Å². The summed E-state index contributed by atoms with van der Waals surface area (Å²) in [5.74, 6) is 7.77. The molecule has 7 aromatic rings. The minimum Gasteiger partial charge on any atom is -0.466 e. The molecule has 8 nitrogen and oxygen atoms in total. The minimum absolute atomic E-state index is 0.133. The second kappa shape index (κ2) is 15.7. The highest BCUT2D eigenvalue weighted by Crippen LogP contribution is 2.47. The average Bonchev–Trinajstić information content (AvgIpc) is 3.64. The molecule has 2 atom stereocenters. The van der Waals surface area contributed by atoms with Gasteiger partial charge in [-0.15, -0.1) is 0 Å².